The average Bonchev–Trinajstić information content (AvgIpc) is 2.45. The molecule has 0 heterocycles. The molecule has 0 aliphatic carbocycles. The van der Waals surface area contributed by atoms with Crippen LogP contribution in [0.1, 0.15) is 16.7 Å². The van der Waals surface area contributed by atoms with Gasteiger partial charge in [-0.25, -0.2) is 0 Å². The highest BCUT2D eigenvalue weighted by Gasteiger charge is 2.03. The van der Waals surface area contributed by atoms with E-state index in [0.29, 0.717) is 6.61 Å². The molecule has 2 rings (SSSR count). The maximum Gasteiger partial charge on any atom is 0.0716 e. The monoisotopic (exact) mass is 353 g/mol. The maximum atomic E-state index is 6.18. The molecule has 0 fully saturated rings. The quantitative estimate of drug-likeness (QED) is 0.822. The van der Waals surface area contributed by atoms with Crippen molar-refractivity contribution in [1.29, 1.82) is 0 Å². The molecule has 0 atom stereocenters. The molecule has 4 heteroatoms. The molecule has 0 unspecified atom stereocenters. The summed E-state index contributed by atoms with van der Waals surface area (Å²) in [5, 5.41) is 4.21. The fourth-order valence-corrected chi connectivity index (χ4v) is 2.63. The first-order chi connectivity index (χ1) is 9.70. The van der Waals surface area contributed by atoms with Gasteiger partial charge in [-0.05, 0) is 34.9 Å². The Morgan fingerprint density at radius 1 is 1.05 bits per heavy atom. The van der Waals surface area contributed by atoms with Gasteiger partial charge in [0.2, 0.25) is 0 Å². The van der Waals surface area contributed by atoms with Crippen molar-refractivity contribution in [3.63, 3.8) is 0 Å². The molecule has 0 saturated carbocycles. The van der Waals surface area contributed by atoms with Gasteiger partial charge in [-0.3, -0.25) is 0 Å². The second kappa shape index (κ2) is 7.79. The second-order valence-electron chi connectivity index (χ2n) is 4.54. The summed E-state index contributed by atoms with van der Waals surface area (Å²) in [5.41, 5.74) is 3.55. The predicted molar refractivity (Wildman–Crippen MR) is 86.9 cm³/mol. The average molecular weight is 355 g/mol. The van der Waals surface area contributed by atoms with Gasteiger partial charge in [-0.15, -0.1) is 0 Å². The van der Waals surface area contributed by atoms with E-state index in [-0.39, 0.29) is 0 Å². The lowest BCUT2D eigenvalue weighted by Gasteiger charge is -2.11. The molecule has 0 amide bonds. The van der Waals surface area contributed by atoms with Gasteiger partial charge in [0.15, 0.2) is 0 Å². The van der Waals surface area contributed by atoms with E-state index in [0.717, 1.165) is 28.1 Å². The van der Waals surface area contributed by atoms with Gasteiger partial charge in [0, 0.05) is 29.7 Å². The van der Waals surface area contributed by atoms with Gasteiger partial charge in [0.1, 0.15) is 0 Å². The van der Waals surface area contributed by atoms with E-state index in [1.165, 1.54) is 11.1 Å². The number of rotatable bonds is 6. The molecule has 0 aliphatic rings. The highest BCUT2D eigenvalue weighted by Crippen LogP contribution is 2.21. The highest BCUT2D eigenvalue weighted by molar-refractivity contribution is 9.10. The predicted octanol–water partition coefficient (Wildman–Crippen LogP) is 4.54. The minimum Gasteiger partial charge on any atom is -0.380 e. The zero-order valence-electron chi connectivity index (χ0n) is 11.3. The third-order valence-electron chi connectivity index (χ3n) is 3.06. The van der Waals surface area contributed by atoms with Crippen molar-refractivity contribution in [2.75, 3.05) is 7.11 Å². The van der Waals surface area contributed by atoms with Crippen molar-refractivity contribution in [2.24, 2.45) is 0 Å². The first-order valence-corrected chi connectivity index (χ1v) is 7.58. The van der Waals surface area contributed by atoms with Crippen LogP contribution in [-0.4, -0.2) is 7.11 Å². The Labute approximate surface area is 133 Å². The van der Waals surface area contributed by atoms with Gasteiger partial charge in [-0.2, -0.15) is 0 Å². The lowest BCUT2D eigenvalue weighted by molar-refractivity contribution is 0.184. The van der Waals surface area contributed by atoms with E-state index in [2.05, 4.69) is 33.4 Å². The van der Waals surface area contributed by atoms with Crippen LogP contribution in [0.25, 0.3) is 0 Å². The van der Waals surface area contributed by atoms with Crippen molar-refractivity contribution in [3.8, 4) is 0 Å². The number of methoxy groups -OCH3 is 1. The molecule has 0 aliphatic heterocycles. The molecule has 0 aromatic heterocycles. The summed E-state index contributed by atoms with van der Waals surface area (Å²) < 4.78 is 6.25. The van der Waals surface area contributed by atoms with Crippen LogP contribution in [0.4, 0.5) is 0 Å². The van der Waals surface area contributed by atoms with E-state index in [1.807, 2.05) is 30.3 Å². The van der Waals surface area contributed by atoms with Crippen LogP contribution < -0.4 is 5.32 Å². The first kappa shape index (κ1) is 15.5. The summed E-state index contributed by atoms with van der Waals surface area (Å²) in [7, 11) is 1.71. The summed E-state index contributed by atoms with van der Waals surface area (Å²) >= 11 is 9.64. The van der Waals surface area contributed by atoms with E-state index < -0.39 is 0 Å². The molecule has 106 valence electrons. The van der Waals surface area contributed by atoms with Crippen LogP contribution in [0.15, 0.2) is 46.9 Å². The molecular weight excluding hydrogens is 338 g/mol. The third kappa shape index (κ3) is 4.32. The molecule has 0 spiro atoms. The van der Waals surface area contributed by atoms with E-state index in [1.54, 1.807) is 7.11 Å². The van der Waals surface area contributed by atoms with Crippen molar-refractivity contribution >= 4 is 27.5 Å². The lowest BCUT2D eigenvalue weighted by atomic mass is 10.1. The minimum absolute atomic E-state index is 0.634. The second-order valence-corrected chi connectivity index (χ2v) is 5.86. The fourth-order valence-electron chi connectivity index (χ4n) is 2.04. The third-order valence-corrected chi connectivity index (χ3v) is 3.92. The molecular formula is C16H17BrClNO. The van der Waals surface area contributed by atoms with Crippen molar-refractivity contribution in [1.82, 2.24) is 5.32 Å². The number of benzene rings is 2. The van der Waals surface area contributed by atoms with Crippen LogP contribution in [0, 0.1) is 0 Å². The van der Waals surface area contributed by atoms with Crippen LogP contribution in [-0.2, 0) is 24.4 Å². The number of nitrogens with one attached hydrogen (secondary N) is 1. The largest absolute Gasteiger partial charge is 0.380 e. The number of ether oxygens (including phenoxy) is 1. The van der Waals surface area contributed by atoms with Crippen LogP contribution in [0.2, 0.25) is 5.02 Å². The first-order valence-electron chi connectivity index (χ1n) is 6.41. The summed E-state index contributed by atoms with van der Waals surface area (Å²) in [6, 6.07) is 14.2. The molecule has 2 nitrogen and oxygen atoms in total. The molecule has 0 bridgehead atoms. The van der Waals surface area contributed by atoms with Crippen LogP contribution in [0.3, 0.4) is 0 Å². The van der Waals surface area contributed by atoms with Crippen molar-refractivity contribution in [2.45, 2.75) is 19.7 Å². The molecule has 0 saturated heterocycles. The Morgan fingerprint density at radius 3 is 2.50 bits per heavy atom. The van der Waals surface area contributed by atoms with Gasteiger partial charge in [0.25, 0.3) is 0 Å². The van der Waals surface area contributed by atoms with Gasteiger partial charge in [-0.1, -0.05) is 51.8 Å². The fraction of sp³-hybridized carbons (Fsp3) is 0.250. The van der Waals surface area contributed by atoms with E-state index in [9.17, 15) is 0 Å². The standard InChI is InChI=1S/C16H17BrClNO/c1-20-11-13-5-3-2-4-12(13)9-19-10-14-8-15(17)6-7-16(14)18/h2-8,19H,9-11H2,1H3. The molecule has 2 aromatic carbocycles. The van der Waals surface area contributed by atoms with Crippen LogP contribution >= 0.6 is 27.5 Å². The SMILES string of the molecule is COCc1ccccc1CNCc1cc(Br)ccc1Cl. The topological polar surface area (TPSA) is 21.3 Å². The number of halogens is 2. The maximum absolute atomic E-state index is 6.18. The smallest absolute Gasteiger partial charge is 0.0716 e. The summed E-state index contributed by atoms with van der Waals surface area (Å²) in [6.07, 6.45) is 0. The zero-order chi connectivity index (χ0) is 14.4. The Hall–Kier alpha value is -0.870. The normalized spacial score (nSPS) is 10.8. The van der Waals surface area contributed by atoms with Gasteiger partial charge in [0.05, 0.1) is 6.61 Å². The molecule has 0 radical (unpaired) electrons. The number of hydrogen-bond acceptors (Lipinski definition) is 2. The van der Waals surface area contributed by atoms with Crippen molar-refractivity contribution in [3.05, 3.63) is 68.7 Å². The summed E-state index contributed by atoms with van der Waals surface area (Å²) in [5.74, 6) is 0. The molecule has 20 heavy (non-hydrogen) atoms. The van der Waals surface area contributed by atoms with Gasteiger partial charge < -0.3 is 10.1 Å². The Morgan fingerprint density at radius 2 is 1.75 bits per heavy atom. The molecule has 1 N–H and O–H groups in total. The van der Waals surface area contributed by atoms with E-state index >= 15 is 0 Å². The van der Waals surface area contributed by atoms with Gasteiger partial charge >= 0.3 is 0 Å². The molecule has 2 aromatic rings. The lowest BCUT2D eigenvalue weighted by Crippen LogP contribution is -2.14. The van der Waals surface area contributed by atoms with E-state index in [4.69, 9.17) is 16.3 Å². The minimum atomic E-state index is 0.634. The Balaban J connectivity index is 1.97. The zero-order valence-corrected chi connectivity index (χ0v) is 13.7. The summed E-state index contributed by atoms with van der Waals surface area (Å²) in [6.45, 7) is 2.16. The summed E-state index contributed by atoms with van der Waals surface area (Å²) in [4.78, 5) is 0. The number of hydrogen-bond donors (Lipinski definition) is 1. The highest BCUT2D eigenvalue weighted by atomic mass is 79.9. The van der Waals surface area contributed by atoms with Crippen molar-refractivity contribution < 1.29 is 4.74 Å². The Bertz CT molecular complexity index is 574. The Kier molecular flexibility index (Phi) is 6.05. The van der Waals surface area contributed by atoms with Crippen LogP contribution in [0.5, 0.6) is 0 Å².